The molecule has 1 heterocycles. The number of allylic oxidation sites excluding steroid dienone is 3. The highest BCUT2D eigenvalue weighted by molar-refractivity contribution is 7.15. The highest BCUT2D eigenvalue weighted by atomic mass is 32.1. The van der Waals surface area contributed by atoms with E-state index < -0.39 is 0 Å². The molecule has 0 amide bonds. The molecular formula is C22H22N2OS. The number of fused-ring (bicyclic) bond motifs is 1. The molecule has 3 nitrogen and oxygen atoms in total. The third kappa shape index (κ3) is 3.20. The molecule has 0 N–H and O–H groups in total. The van der Waals surface area contributed by atoms with E-state index in [0.717, 1.165) is 5.01 Å². The average molecular weight is 362 g/mol. The second-order valence-corrected chi connectivity index (χ2v) is 8.21. The van der Waals surface area contributed by atoms with E-state index in [0.29, 0.717) is 17.8 Å². The normalized spacial score (nSPS) is 18.9. The minimum Gasteiger partial charge on any atom is -0.490 e. The number of ether oxygens (including phenoxy) is 1. The molecule has 1 aromatic carbocycles. The van der Waals surface area contributed by atoms with Crippen LogP contribution in [0.3, 0.4) is 0 Å². The Hall–Kier alpha value is -2.38. The van der Waals surface area contributed by atoms with Crippen molar-refractivity contribution in [3.8, 4) is 16.5 Å². The molecule has 0 saturated carbocycles. The number of thiazole rings is 1. The lowest BCUT2D eigenvalue weighted by Gasteiger charge is -2.19. The first kappa shape index (κ1) is 17.1. The van der Waals surface area contributed by atoms with Crippen LogP contribution in [0, 0.1) is 11.3 Å². The first-order valence-electron chi connectivity index (χ1n) is 9.20. The van der Waals surface area contributed by atoms with Gasteiger partial charge in [0.05, 0.1) is 22.6 Å². The van der Waals surface area contributed by atoms with E-state index in [4.69, 9.17) is 9.72 Å². The highest BCUT2D eigenvalue weighted by Crippen LogP contribution is 2.39. The zero-order valence-corrected chi connectivity index (χ0v) is 16.0. The van der Waals surface area contributed by atoms with E-state index in [-0.39, 0.29) is 12.0 Å². The Morgan fingerprint density at radius 1 is 1.31 bits per heavy atom. The molecule has 4 rings (SSSR count). The second kappa shape index (κ2) is 7.09. The maximum atomic E-state index is 9.49. The number of hydrogen-bond acceptors (Lipinski definition) is 4. The first-order valence-corrected chi connectivity index (χ1v) is 10.0. The number of aryl methyl sites for hydroxylation is 1. The van der Waals surface area contributed by atoms with Crippen LogP contribution >= 0.6 is 11.3 Å². The van der Waals surface area contributed by atoms with Gasteiger partial charge < -0.3 is 4.74 Å². The molecule has 0 spiro atoms. The summed E-state index contributed by atoms with van der Waals surface area (Å²) in [5.41, 5.74) is 5.03. The van der Waals surface area contributed by atoms with Crippen LogP contribution in [0.4, 0.5) is 0 Å². The lowest BCUT2D eigenvalue weighted by Crippen LogP contribution is -2.09. The second-order valence-electron chi connectivity index (χ2n) is 7.15. The molecule has 0 aliphatic heterocycles. The quantitative estimate of drug-likeness (QED) is 0.717. The van der Waals surface area contributed by atoms with Crippen molar-refractivity contribution < 1.29 is 4.74 Å². The fourth-order valence-electron chi connectivity index (χ4n) is 3.76. The zero-order chi connectivity index (χ0) is 18.1. The molecule has 1 unspecified atom stereocenters. The molecule has 2 aromatic rings. The predicted octanol–water partition coefficient (Wildman–Crippen LogP) is 5.54. The molecule has 0 radical (unpaired) electrons. The first-order chi connectivity index (χ1) is 12.7. The van der Waals surface area contributed by atoms with Crippen LogP contribution in [-0.4, -0.2) is 11.1 Å². The van der Waals surface area contributed by atoms with Gasteiger partial charge in [-0.3, -0.25) is 0 Å². The average Bonchev–Trinajstić information content (AvgIpc) is 3.30. The van der Waals surface area contributed by atoms with Crippen molar-refractivity contribution in [1.82, 2.24) is 4.98 Å². The molecule has 132 valence electrons. The van der Waals surface area contributed by atoms with Crippen molar-refractivity contribution in [1.29, 1.82) is 5.26 Å². The van der Waals surface area contributed by atoms with Gasteiger partial charge in [-0.2, -0.15) is 5.26 Å². The molecule has 4 heteroatoms. The van der Waals surface area contributed by atoms with Crippen LogP contribution in [0.1, 0.15) is 48.7 Å². The van der Waals surface area contributed by atoms with Crippen LogP contribution in [0.25, 0.3) is 10.4 Å². The van der Waals surface area contributed by atoms with Gasteiger partial charge in [-0.05, 0) is 62.3 Å². The molecule has 0 saturated heterocycles. The Morgan fingerprint density at radius 2 is 2.19 bits per heavy atom. The summed E-state index contributed by atoms with van der Waals surface area (Å²) in [5.74, 6) is 0.857. The van der Waals surface area contributed by atoms with Crippen LogP contribution in [-0.2, 0) is 17.6 Å². The van der Waals surface area contributed by atoms with Crippen LogP contribution < -0.4 is 0 Å². The van der Waals surface area contributed by atoms with Crippen LogP contribution in [0.15, 0.2) is 47.9 Å². The molecule has 0 bridgehead atoms. The van der Waals surface area contributed by atoms with Gasteiger partial charge in [-0.1, -0.05) is 24.3 Å². The van der Waals surface area contributed by atoms with Gasteiger partial charge in [0.25, 0.3) is 0 Å². The van der Waals surface area contributed by atoms with Crippen molar-refractivity contribution in [2.75, 3.05) is 0 Å². The Morgan fingerprint density at radius 3 is 3.00 bits per heavy atom. The molecule has 0 fully saturated rings. The number of hydrogen-bond donors (Lipinski definition) is 0. The lowest BCUT2D eigenvalue weighted by molar-refractivity contribution is 0.154. The van der Waals surface area contributed by atoms with E-state index in [9.17, 15) is 5.26 Å². The van der Waals surface area contributed by atoms with Gasteiger partial charge in [-0.25, -0.2) is 4.98 Å². The minimum atomic E-state index is 0.0705. The highest BCUT2D eigenvalue weighted by Gasteiger charge is 2.23. The topological polar surface area (TPSA) is 45.9 Å². The minimum absolute atomic E-state index is 0.0705. The summed E-state index contributed by atoms with van der Waals surface area (Å²) in [6.07, 6.45) is 10.4. The van der Waals surface area contributed by atoms with Crippen molar-refractivity contribution >= 4 is 11.3 Å². The van der Waals surface area contributed by atoms with Crippen molar-refractivity contribution in [3.05, 3.63) is 64.0 Å². The number of nitriles is 1. The van der Waals surface area contributed by atoms with Gasteiger partial charge >= 0.3 is 0 Å². The Bertz CT molecular complexity index is 930. The van der Waals surface area contributed by atoms with E-state index in [1.165, 1.54) is 40.8 Å². The summed E-state index contributed by atoms with van der Waals surface area (Å²) in [5, 5.41) is 10.6. The van der Waals surface area contributed by atoms with E-state index >= 15 is 0 Å². The van der Waals surface area contributed by atoms with Gasteiger partial charge in [0.1, 0.15) is 10.8 Å². The summed E-state index contributed by atoms with van der Waals surface area (Å²) < 4.78 is 5.76. The van der Waals surface area contributed by atoms with E-state index in [1.54, 1.807) is 11.3 Å². The van der Waals surface area contributed by atoms with E-state index in [2.05, 4.69) is 30.3 Å². The van der Waals surface area contributed by atoms with Crippen molar-refractivity contribution in [2.24, 2.45) is 0 Å². The third-order valence-electron chi connectivity index (χ3n) is 4.95. The van der Waals surface area contributed by atoms with Crippen LogP contribution in [0.2, 0.25) is 0 Å². The summed E-state index contributed by atoms with van der Waals surface area (Å²) in [4.78, 5) is 5.93. The number of aromatic nitrogens is 1. The summed E-state index contributed by atoms with van der Waals surface area (Å²) in [6.45, 7) is 3.96. The van der Waals surface area contributed by atoms with Gasteiger partial charge in [-0.15, -0.1) is 11.3 Å². The van der Waals surface area contributed by atoms with Gasteiger partial charge in [0.15, 0.2) is 0 Å². The number of rotatable bonds is 4. The Balaban J connectivity index is 1.59. The Labute approximate surface area is 158 Å². The van der Waals surface area contributed by atoms with Gasteiger partial charge in [0, 0.05) is 12.1 Å². The maximum Gasteiger partial charge on any atom is 0.133 e. The fraction of sp³-hybridized carbons (Fsp3) is 0.364. The standard InChI is InChI=1S/C22H22N2OS/c1-14(2)25-20-10-9-16(11-17(20)12-23)22-24-13-21(26-22)19-8-4-6-15-5-3-7-18(15)19/h4,6,8-10,13-14,16H,3,5,7,11H2,1-2H3. The number of nitrogens with zero attached hydrogens (tertiary/aromatic N) is 2. The molecule has 1 atom stereocenters. The lowest BCUT2D eigenvalue weighted by atomic mass is 9.94. The van der Waals surface area contributed by atoms with Crippen molar-refractivity contribution in [2.45, 2.75) is 51.6 Å². The summed E-state index contributed by atoms with van der Waals surface area (Å²) in [6, 6.07) is 8.93. The summed E-state index contributed by atoms with van der Waals surface area (Å²) in [7, 11) is 0. The third-order valence-corrected chi connectivity index (χ3v) is 6.11. The monoisotopic (exact) mass is 362 g/mol. The maximum absolute atomic E-state index is 9.49. The molecule has 26 heavy (non-hydrogen) atoms. The molecule has 2 aliphatic carbocycles. The van der Waals surface area contributed by atoms with Crippen LogP contribution in [0.5, 0.6) is 0 Å². The summed E-state index contributed by atoms with van der Waals surface area (Å²) >= 11 is 1.75. The number of benzene rings is 1. The molecule has 1 aromatic heterocycles. The largest absolute Gasteiger partial charge is 0.490 e. The molecular weight excluding hydrogens is 340 g/mol. The fourth-order valence-corrected chi connectivity index (χ4v) is 4.81. The smallest absolute Gasteiger partial charge is 0.133 e. The SMILES string of the molecule is CC(C)OC1=C(C#N)CC(c2ncc(-c3cccc4c3CCC4)s2)C=C1. The van der Waals surface area contributed by atoms with Gasteiger partial charge in [0.2, 0.25) is 0 Å². The molecule has 2 aliphatic rings. The Kier molecular flexibility index (Phi) is 4.65. The predicted molar refractivity (Wildman–Crippen MR) is 105 cm³/mol. The van der Waals surface area contributed by atoms with Crippen molar-refractivity contribution in [3.63, 3.8) is 0 Å². The zero-order valence-electron chi connectivity index (χ0n) is 15.2. The van der Waals surface area contributed by atoms with E-state index in [1.807, 2.05) is 26.1 Å².